The van der Waals surface area contributed by atoms with Crippen molar-refractivity contribution in [1.82, 2.24) is 0 Å². The largest absolute Gasteiger partial charge is 0.481 e. The molecule has 8 aliphatic rings. The molecule has 0 amide bonds. The summed E-state index contributed by atoms with van der Waals surface area (Å²) < 4.78 is 0. The predicted octanol–water partition coefficient (Wildman–Crippen LogP) is 0.788. The number of aliphatic hydroxyl groups is 4. The summed E-state index contributed by atoms with van der Waals surface area (Å²) in [5.74, 6) is -2.06. The van der Waals surface area contributed by atoms with Gasteiger partial charge in [0.25, 0.3) is 0 Å². The van der Waals surface area contributed by atoms with E-state index in [2.05, 4.69) is 0 Å². The van der Waals surface area contributed by atoms with E-state index in [0.717, 1.165) is 0 Å². The van der Waals surface area contributed by atoms with Gasteiger partial charge in [0.05, 0.1) is 33.2 Å². The molecule has 0 spiro atoms. The molecule has 8 fully saturated rings. The molecule has 0 radical (unpaired) electrons. The van der Waals surface area contributed by atoms with Gasteiger partial charge in [0.15, 0.2) is 0 Å². The maximum Gasteiger partial charge on any atom is 0.309 e. The third-order valence-corrected chi connectivity index (χ3v) is 10.0. The van der Waals surface area contributed by atoms with Crippen molar-refractivity contribution in [2.45, 2.75) is 99.5 Å². The zero-order valence-corrected chi connectivity index (χ0v) is 17.0. The molecular weight excluding hydrogens is 392 g/mol. The van der Waals surface area contributed by atoms with Gasteiger partial charge in [-0.3, -0.25) is 9.59 Å². The number of carbonyl (C=O) groups is 2. The fourth-order valence-corrected chi connectivity index (χ4v) is 10.6. The van der Waals surface area contributed by atoms with Crippen LogP contribution in [-0.4, -0.2) is 65.0 Å². The van der Waals surface area contributed by atoms with Crippen molar-refractivity contribution in [1.29, 1.82) is 0 Å². The van der Waals surface area contributed by atoms with Crippen molar-refractivity contribution in [3.63, 3.8) is 0 Å². The van der Waals surface area contributed by atoms with Crippen LogP contribution in [0.2, 0.25) is 0 Å². The first-order chi connectivity index (χ1) is 13.6. The normalized spacial score (nSPS) is 62.7. The number of carboxylic acids is 2. The fraction of sp³-hybridized carbons (Fsp3) is 0.909. The van der Waals surface area contributed by atoms with Gasteiger partial charge in [-0.1, -0.05) is 0 Å². The van der Waals surface area contributed by atoms with E-state index in [1.165, 1.54) is 0 Å². The molecule has 4 unspecified atom stereocenters. The molecule has 0 aliphatic heterocycles. The zero-order chi connectivity index (χ0) is 21.6. The molecule has 0 aromatic rings. The zero-order valence-electron chi connectivity index (χ0n) is 17.0. The molecule has 30 heavy (non-hydrogen) atoms. The Morgan fingerprint density at radius 3 is 0.933 bits per heavy atom. The van der Waals surface area contributed by atoms with Crippen LogP contribution in [0.5, 0.6) is 0 Å². The number of hydrogen-bond donors (Lipinski definition) is 6. The van der Waals surface area contributed by atoms with Crippen LogP contribution in [0, 0.1) is 21.7 Å². The highest BCUT2D eigenvalue weighted by molar-refractivity contribution is 5.77. The Balaban J connectivity index is 1.55. The Hall–Kier alpha value is -1.22. The minimum Gasteiger partial charge on any atom is -0.481 e. The average Bonchev–Trinajstić information content (AvgIpc) is 2.47. The van der Waals surface area contributed by atoms with Gasteiger partial charge in [-0.25, -0.2) is 0 Å². The Kier molecular flexibility index (Phi) is 3.08. The van der Waals surface area contributed by atoms with Gasteiger partial charge in [0, 0.05) is 12.8 Å². The van der Waals surface area contributed by atoms with E-state index in [4.69, 9.17) is 0 Å². The van der Waals surface area contributed by atoms with Gasteiger partial charge in [0.2, 0.25) is 0 Å². The second-order valence-corrected chi connectivity index (χ2v) is 12.8. The smallest absolute Gasteiger partial charge is 0.309 e. The minimum absolute atomic E-state index is 0.0914. The molecule has 0 saturated heterocycles. The number of carboxylic acid groups (broad SMARTS) is 2. The molecule has 4 atom stereocenters. The summed E-state index contributed by atoms with van der Waals surface area (Å²) in [7, 11) is 0. The van der Waals surface area contributed by atoms with Crippen LogP contribution in [0.25, 0.3) is 0 Å². The predicted molar refractivity (Wildman–Crippen MR) is 100 cm³/mol. The molecule has 8 rings (SSSR count). The van der Waals surface area contributed by atoms with Crippen LogP contribution >= 0.6 is 0 Å². The average molecular weight is 422 g/mol. The lowest BCUT2D eigenvalue weighted by atomic mass is 9.29. The van der Waals surface area contributed by atoms with Gasteiger partial charge in [-0.05, 0) is 75.0 Å². The van der Waals surface area contributed by atoms with E-state index >= 15 is 0 Å². The first-order valence-corrected chi connectivity index (χ1v) is 11.0. The van der Waals surface area contributed by atoms with Crippen molar-refractivity contribution >= 4 is 11.9 Å². The first kappa shape index (κ1) is 19.5. The topological polar surface area (TPSA) is 156 Å². The quantitative estimate of drug-likeness (QED) is 0.390. The molecule has 8 bridgehead atoms. The standard InChI is InChI=1S/C22H30O8/c23-13(24)15-1-17(7-19(27,3-15)11-20(28,4-15)8-17)18-2-16(14(25)26)5-21(29,9-18)12-22(30,6-16)10-18/h27-30H,1-12H2,(H,23,24)(H,25,26). The monoisotopic (exact) mass is 422 g/mol. The molecule has 8 aliphatic carbocycles. The summed E-state index contributed by atoms with van der Waals surface area (Å²) in [6, 6.07) is 0. The lowest BCUT2D eigenvalue weighted by molar-refractivity contribution is -0.337. The van der Waals surface area contributed by atoms with E-state index in [1.807, 2.05) is 0 Å². The molecule has 8 saturated carbocycles. The highest BCUT2D eigenvalue weighted by atomic mass is 16.4. The number of hydrogen-bond acceptors (Lipinski definition) is 6. The summed E-state index contributed by atoms with van der Waals surface area (Å²) in [5.41, 5.74) is -9.48. The van der Waals surface area contributed by atoms with Crippen LogP contribution in [0.15, 0.2) is 0 Å². The highest BCUT2D eigenvalue weighted by Crippen LogP contribution is 2.80. The van der Waals surface area contributed by atoms with Gasteiger partial charge in [0.1, 0.15) is 0 Å². The molecule has 0 heterocycles. The summed E-state index contributed by atoms with van der Waals surface area (Å²) in [6.07, 6.45) is 2.29. The molecule has 8 heteroatoms. The lowest BCUT2D eigenvalue weighted by Crippen LogP contribution is -2.77. The summed E-state index contributed by atoms with van der Waals surface area (Å²) in [4.78, 5) is 24.8. The maximum atomic E-state index is 12.4. The van der Waals surface area contributed by atoms with E-state index in [-0.39, 0.29) is 51.4 Å². The van der Waals surface area contributed by atoms with Crippen molar-refractivity contribution < 1.29 is 40.2 Å². The van der Waals surface area contributed by atoms with Crippen molar-refractivity contribution in [2.24, 2.45) is 21.7 Å². The summed E-state index contributed by atoms with van der Waals surface area (Å²) in [5, 5.41) is 65.8. The van der Waals surface area contributed by atoms with Crippen LogP contribution < -0.4 is 0 Å². The van der Waals surface area contributed by atoms with Gasteiger partial charge in [-0.15, -0.1) is 0 Å². The second kappa shape index (κ2) is 4.75. The van der Waals surface area contributed by atoms with Crippen LogP contribution in [0.4, 0.5) is 0 Å². The van der Waals surface area contributed by atoms with Gasteiger partial charge in [-0.2, -0.15) is 0 Å². The molecule has 0 aromatic carbocycles. The Morgan fingerprint density at radius 1 is 0.433 bits per heavy atom. The maximum absolute atomic E-state index is 12.4. The van der Waals surface area contributed by atoms with Crippen molar-refractivity contribution in [2.75, 3.05) is 0 Å². The van der Waals surface area contributed by atoms with E-state index in [1.54, 1.807) is 0 Å². The van der Waals surface area contributed by atoms with E-state index < -0.39 is 56.0 Å². The molecule has 0 aromatic heterocycles. The third-order valence-electron chi connectivity index (χ3n) is 10.0. The molecule has 6 N–H and O–H groups in total. The van der Waals surface area contributed by atoms with Crippen LogP contribution in [0.3, 0.4) is 0 Å². The van der Waals surface area contributed by atoms with E-state index in [0.29, 0.717) is 25.7 Å². The van der Waals surface area contributed by atoms with Crippen LogP contribution in [0.1, 0.15) is 77.0 Å². The van der Waals surface area contributed by atoms with Gasteiger partial charge >= 0.3 is 11.9 Å². The summed E-state index contributed by atoms with van der Waals surface area (Å²) in [6.45, 7) is 0. The minimum atomic E-state index is -1.33. The Bertz CT molecular complexity index is 786. The van der Waals surface area contributed by atoms with E-state index in [9.17, 15) is 40.2 Å². The summed E-state index contributed by atoms with van der Waals surface area (Å²) >= 11 is 0. The Labute approximate surface area is 173 Å². The fourth-order valence-electron chi connectivity index (χ4n) is 10.6. The van der Waals surface area contributed by atoms with Crippen LogP contribution in [-0.2, 0) is 9.59 Å². The lowest BCUT2D eigenvalue weighted by Gasteiger charge is -2.76. The molecule has 8 nitrogen and oxygen atoms in total. The Morgan fingerprint density at radius 2 is 0.700 bits per heavy atom. The highest BCUT2D eigenvalue weighted by Gasteiger charge is 2.80. The van der Waals surface area contributed by atoms with Gasteiger partial charge < -0.3 is 30.6 Å². The van der Waals surface area contributed by atoms with Crippen molar-refractivity contribution in [3.8, 4) is 0 Å². The third kappa shape index (κ3) is 2.11. The van der Waals surface area contributed by atoms with Crippen molar-refractivity contribution in [3.05, 3.63) is 0 Å². The number of rotatable bonds is 3. The second-order valence-electron chi connectivity index (χ2n) is 12.8. The molecule has 166 valence electrons. The number of aliphatic carboxylic acids is 2. The SMILES string of the molecule is O=C(O)C12CC3(O)CC(O)(C1)CC(C14CC5(O)CC(O)(CC(C(=O)O)(C5)C1)C4)(C3)C2. The first-order valence-electron chi connectivity index (χ1n) is 11.0. The molecular formula is C22H30O8.